The fourth-order valence-corrected chi connectivity index (χ4v) is 2.42. The zero-order valence-corrected chi connectivity index (χ0v) is 14.0. The first kappa shape index (κ1) is 16.5. The Morgan fingerprint density at radius 3 is 2.58 bits per heavy atom. The van der Waals surface area contributed by atoms with Gasteiger partial charge in [0.2, 0.25) is 0 Å². The molecule has 0 aliphatic rings. The zero-order valence-electron chi connectivity index (χ0n) is 12.4. The predicted octanol–water partition coefficient (Wildman–Crippen LogP) is 3.28. The molecule has 0 bridgehead atoms. The normalized spacial score (nSPS) is 12.7. The summed E-state index contributed by atoms with van der Waals surface area (Å²) in [5, 5.41) is 3.56. The Bertz CT molecular complexity index is 380. The maximum atomic E-state index is 5.40. The van der Waals surface area contributed by atoms with Crippen LogP contribution in [0, 0.1) is 0 Å². The number of hydrogen-bond acceptors (Lipinski definition) is 3. The standard InChI is InChI=1S/C15H25BrN2O/c1-5-18(6-2)11-12(3)17-10-13-7-8-14(16)9-15(13)19-4/h7-9,12,17H,5-6,10-11H2,1-4H3. The van der Waals surface area contributed by atoms with Gasteiger partial charge < -0.3 is 15.0 Å². The summed E-state index contributed by atoms with van der Waals surface area (Å²) < 4.78 is 6.45. The van der Waals surface area contributed by atoms with Gasteiger partial charge in [0.05, 0.1) is 7.11 Å². The maximum Gasteiger partial charge on any atom is 0.124 e. The van der Waals surface area contributed by atoms with Gasteiger partial charge in [-0.25, -0.2) is 0 Å². The Kier molecular flexibility index (Phi) is 7.42. The number of methoxy groups -OCH3 is 1. The third-order valence-electron chi connectivity index (χ3n) is 3.32. The summed E-state index contributed by atoms with van der Waals surface area (Å²) >= 11 is 3.46. The second-order valence-corrected chi connectivity index (χ2v) is 5.64. The van der Waals surface area contributed by atoms with Crippen LogP contribution in [0.5, 0.6) is 5.75 Å². The van der Waals surface area contributed by atoms with Crippen molar-refractivity contribution in [1.29, 1.82) is 0 Å². The molecule has 3 nitrogen and oxygen atoms in total. The molecule has 0 saturated carbocycles. The Hall–Kier alpha value is -0.580. The summed E-state index contributed by atoms with van der Waals surface area (Å²) in [6.07, 6.45) is 0. The van der Waals surface area contributed by atoms with Gasteiger partial charge in [0.25, 0.3) is 0 Å². The van der Waals surface area contributed by atoms with Crippen molar-refractivity contribution in [2.24, 2.45) is 0 Å². The molecule has 0 aromatic heterocycles. The maximum absolute atomic E-state index is 5.40. The summed E-state index contributed by atoms with van der Waals surface area (Å²) in [5.74, 6) is 0.928. The number of hydrogen-bond donors (Lipinski definition) is 1. The van der Waals surface area contributed by atoms with E-state index in [9.17, 15) is 0 Å². The van der Waals surface area contributed by atoms with Crippen molar-refractivity contribution in [2.45, 2.75) is 33.4 Å². The van der Waals surface area contributed by atoms with Crippen molar-refractivity contribution >= 4 is 15.9 Å². The molecule has 1 N–H and O–H groups in total. The van der Waals surface area contributed by atoms with E-state index < -0.39 is 0 Å². The molecule has 4 heteroatoms. The molecule has 1 atom stereocenters. The summed E-state index contributed by atoms with van der Waals surface area (Å²) in [6, 6.07) is 6.62. The topological polar surface area (TPSA) is 24.5 Å². The van der Waals surface area contributed by atoms with Gasteiger partial charge in [-0.2, -0.15) is 0 Å². The van der Waals surface area contributed by atoms with Gasteiger partial charge in [-0.3, -0.25) is 0 Å². The number of rotatable bonds is 8. The molecular weight excluding hydrogens is 304 g/mol. The van der Waals surface area contributed by atoms with Gasteiger partial charge >= 0.3 is 0 Å². The molecule has 1 aromatic carbocycles. The van der Waals surface area contributed by atoms with Gasteiger partial charge in [-0.15, -0.1) is 0 Å². The van der Waals surface area contributed by atoms with Crippen LogP contribution in [0.3, 0.4) is 0 Å². The van der Waals surface area contributed by atoms with Crippen molar-refractivity contribution < 1.29 is 4.74 Å². The lowest BCUT2D eigenvalue weighted by atomic mass is 10.2. The van der Waals surface area contributed by atoms with E-state index in [1.165, 1.54) is 5.56 Å². The Morgan fingerprint density at radius 2 is 2.00 bits per heavy atom. The minimum absolute atomic E-state index is 0.466. The van der Waals surface area contributed by atoms with Crippen LogP contribution in [-0.2, 0) is 6.54 Å². The Balaban J connectivity index is 2.52. The van der Waals surface area contributed by atoms with Crippen LogP contribution in [0.2, 0.25) is 0 Å². The molecule has 0 fully saturated rings. The minimum atomic E-state index is 0.466. The van der Waals surface area contributed by atoms with E-state index in [1.54, 1.807) is 7.11 Å². The van der Waals surface area contributed by atoms with Crippen molar-refractivity contribution in [3.8, 4) is 5.75 Å². The SMILES string of the molecule is CCN(CC)CC(C)NCc1ccc(Br)cc1OC. The van der Waals surface area contributed by atoms with E-state index in [2.05, 4.69) is 59.1 Å². The average Bonchev–Trinajstić information content (AvgIpc) is 2.43. The summed E-state index contributed by atoms with van der Waals surface area (Å²) in [6.45, 7) is 10.7. The highest BCUT2D eigenvalue weighted by Gasteiger charge is 2.08. The van der Waals surface area contributed by atoms with Crippen LogP contribution in [-0.4, -0.2) is 37.7 Å². The Morgan fingerprint density at radius 1 is 1.32 bits per heavy atom. The first-order chi connectivity index (χ1) is 9.10. The second kappa shape index (κ2) is 8.56. The minimum Gasteiger partial charge on any atom is -0.496 e. The van der Waals surface area contributed by atoms with Crippen molar-refractivity contribution in [2.75, 3.05) is 26.7 Å². The predicted molar refractivity (Wildman–Crippen MR) is 84.8 cm³/mol. The van der Waals surface area contributed by atoms with E-state index in [0.717, 1.165) is 36.4 Å². The van der Waals surface area contributed by atoms with Gasteiger partial charge in [0.15, 0.2) is 0 Å². The number of benzene rings is 1. The number of ether oxygens (including phenoxy) is 1. The van der Waals surface area contributed by atoms with Crippen LogP contribution in [0.25, 0.3) is 0 Å². The molecule has 1 unspecified atom stereocenters. The quantitative estimate of drug-likeness (QED) is 0.792. The average molecular weight is 329 g/mol. The smallest absolute Gasteiger partial charge is 0.124 e. The van der Waals surface area contributed by atoms with Crippen molar-refractivity contribution in [3.05, 3.63) is 28.2 Å². The van der Waals surface area contributed by atoms with E-state index in [-0.39, 0.29) is 0 Å². The highest BCUT2D eigenvalue weighted by atomic mass is 79.9. The lowest BCUT2D eigenvalue weighted by Gasteiger charge is -2.23. The largest absolute Gasteiger partial charge is 0.496 e. The van der Waals surface area contributed by atoms with Crippen molar-refractivity contribution in [1.82, 2.24) is 10.2 Å². The molecule has 0 aliphatic carbocycles. The molecule has 1 rings (SSSR count). The molecule has 0 saturated heterocycles. The van der Waals surface area contributed by atoms with Crippen LogP contribution in [0.15, 0.2) is 22.7 Å². The first-order valence-electron chi connectivity index (χ1n) is 6.88. The summed E-state index contributed by atoms with van der Waals surface area (Å²) in [7, 11) is 1.71. The lowest BCUT2D eigenvalue weighted by molar-refractivity contribution is 0.270. The monoisotopic (exact) mass is 328 g/mol. The van der Waals surface area contributed by atoms with Crippen molar-refractivity contribution in [3.63, 3.8) is 0 Å². The van der Waals surface area contributed by atoms with Gasteiger partial charge in [-0.05, 0) is 32.1 Å². The molecule has 0 spiro atoms. The van der Waals surface area contributed by atoms with Crippen LogP contribution in [0.4, 0.5) is 0 Å². The van der Waals surface area contributed by atoms with Gasteiger partial charge in [0.1, 0.15) is 5.75 Å². The van der Waals surface area contributed by atoms with E-state index in [1.807, 2.05) is 6.07 Å². The third-order valence-corrected chi connectivity index (χ3v) is 3.81. The van der Waals surface area contributed by atoms with Crippen LogP contribution >= 0.6 is 15.9 Å². The molecular formula is C15H25BrN2O. The second-order valence-electron chi connectivity index (χ2n) is 4.72. The number of likely N-dealkylation sites (N-methyl/N-ethyl adjacent to an activating group) is 1. The van der Waals surface area contributed by atoms with Crippen LogP contribution in [0.1, 0.15) is 26.3 Å². The highest BCUT2D eigenvalue weighted by molar-refractivity contribution is 9.10. The summed E-state index contributed by atoms with van der Waals surface area (Å²) in [5.41, 5.74) is 1.19. The van der Waals surface area contributed by atoms with E-state index in [4.69, 9.17) is 4.74 Å². The fraction of sp³-hybridized carbons (Fsp3) is 0.600. The van der Waals surface area contributed by atoms with E-state index >= 15 is 0 Å². The molecule has 0 heterocycles. The fourth-order valence-electron chi connectivity index (χ4n) is 2.08. The van der Waals surface area contributed by atoms with E-state index in [0.29, 0.717) is 6.04 Å². The molecule has 108 valence electrons. The highest BCUT2D eigenvalue weighted by Crippen LogP contribution is 2.23. The molecule has 0 radical (unpaired) electrons. The third kappa shape index (κ3) is 5.51. The number of nitrogens with one attached hydrogen (secondary N) is 1. The number of nitrogens with zero attached hydrogens (tertiary/aromatic N) is 1. The molecule has 1 aromatic rings. The van der Waals surface area contributed by atoms with Gasteiger partial charge in [-0.1, -0.05) is 35.8 Å². The Labute approximate surface area is 125 Å². The molecule has 19 heavy (non-hydrogen) atoms. The number of halogens is 1. The molecule has 0 aliphatic heterocycles. The summed E-state index contributed by atoms with van der Waals surface area (Å²) in [4.78, 5) is 2.43. The first-order valence-corrected chi connectivity index (χ1v) is 7.68. The zero-order chi connectivity index (χ0) is 14.3. The lowest BCUT2D eigenvalue weighted by Crippen LogP contribution is -2.38. The van der Waals surface area contributed by atoms with Gasteiger partial charge in [0, 0.05) is 29.2 Å². The molecule has 0 amide bonds. The van der Waals surface area contributed by atoms with Crippen LogP contribution < -0.4 is 10.1 Å².